The molecule has 3 rings (SSSR count). The lowest BCUT2D eigenvalue weighted by Crippen LogP contribution is -2.42. The third kappa shape index (κ3) is 4.88. The fourth-order valence-electron chi connectivity index (χ4n) is 2.96. The van der Waals surface area contributed by atoms with Gasteiger partial charge in [-0.15, -0.1) is 12.4 Å². The number of rotatable bonds is 4. The van der Waals surface area contributed by atoms with Gasteiger partial charge in [-0.3, -0.25) is 0 Å². The summed E-state index contributed by atoms with van der Waals surface area (Å²) in [5.41, 5.74) is 0.577. The van der Waals surface area contributed by atoms with Crippen molar-refractivity contribution in [3.05, 3.63) is 41.1 Å². The van der Waals surface area contributed by atoms with Crippen LogP contribution in [0.2, 0.25) is 0 Å². The Hall–Kier alpha value is -1.90. The van der Waals surface area contributed by atoms with E-state index in [1.807, 2.05) is 0 Å². The molecule has 1 aromatic carbocycles. The van der Waals surface area contributed by atoms with Gasteiger partial charge in [0.2, 0.25) is 0 Å². The van der Waals surface area contributed by atoms with Crippen molar-refractivity contribution >= 4 is 12.4 Å². The second-order valence-corrected chi connectivity index (χ2v) is 6.81. The molecule has 1 aliphatic heterocycles. The number of aromatic hydroxyl groups is 1. The molecule has 2 N–H and O–H groups in total. The molecule has 1 atom stereocenters. The summed E-state index contributed by atoms with van der Waals surface area (Å²) in [7, 11) is 0. The number of phenolic OH excluding ortho intramolecular Hbond substituents is 1. The lowest BCUT2D eigenvalue weighted by molar-refractivity contribution is -0.137. The molecule has 0 radical (unpaired) electrons. The molecule has 0 amide bonds. The Kier molecular flexibility index (Phi) is 6.34. The maximum atomic E-state index is 12.8. The van der Waals surface area contributed by atoms with Crippen molar-refractivity contribution in [1.29, 1.82) is 0 Å². The van der Waals surface area contributed by atoms with Gasteiger partial charge in [0, 0.05) is 24.3 Å². The van der Waals surface area contributed by atoms with Crippen molar-refractivity contribution in [3.8, 4) is 17.0 Å². The Balaban J connectivity index is 0.00000261. The quantitative estimate of drug-likeness (QED) is 0.811. The number of hydrogen-bond donors (Lipinski definition) is 2. The fourth-order valence-corrected chi connectivity index (χ4v) is 2.96. The number of aryl methyl sites for hydroxylation is 1. The Morgan fingerprint density at radius 3 is 2.52 bits per heavy atom. The molecule has 0 aliphatic carbocycles. The van der Waals surface area contributed by atoms with Crippen LogP contribution in [0.4, 0.5) is 13.2 Å². The van der Waals surface area contributed by atoms with Crippen LogP contribution in [0, 0.1) is 6.92 Å². The van der Waals surface area contributed by atoms with Crippen LogP contribution in [0.3, 0.4) is 0 Å². The first-order chi connectivity index (χ1) is 12.2. The highest BCUT2D eigenvalue weighted by molar-refractivity contribution is 5.85. The Bertz CT molecular complexity index is 768. The van der Waals surface area contributed by atoms with Crippen molar-refractivity contribution < 1.29 is 23.0 Å². The molecule has 5 nitrogen and oxygen atoms in total. The van der Waals surface area contributed by atoms with Gasteiger partial charge in [-0.05, 0) is 50.1 Å². The number of ether oxygens (including phenoxy) is 1. The van der Waals surface area contributed by atoms with E-state index in [2.05, 4.69) is 22.4 Å². The van der Waals surface area contributed by atoms with Crippen LogP contribution in [-0.4, -0.2) is 34.1 Å². The molecule has 2 aromatic rings. The van der Waals surface area contributed by atoms with Gasteiger partial charge >= 0.3 is 6.18 Å². The lowest BCUT2D eigenvalue weighted by atomic mass is 10.0. The number of benzene rings is 1. The van der Waals surface area contributed by atoms with Crippen LogP contribution < -0.4 is 5.32 Å². The maximum absolute atomic E-state index is 12.8. The third-order valence-corrected chi connectivity index (χ3v) is 4.53. The number of aromatic nitrogens is 2. The Morgan fingerprint density at radius 2 is 2.00 bits per heavy atom. The van der Waals surface area contributed by atoms with Gasteiger partial charge in [-0.2, -0.15) is 23.4 Å². The monoisotopic (exact) mass is 403 g/mol. The summed E-state index contributed by atoms with van der Waals surface area (Å²) in [6.45, 7) is 5.44. The van der Waals surface area contributed by atoms with Crippen LogP contribution in [0.25, 0.3) is 11.3 Å². The summed E-state index contributed by atoms with van der Waals surface area (Å²) in [4.78, 5) is 0. The SMILES string of the molecule is Cc1cc(C(F)(F)F)cc(O)c1-c1ccc(CNC2(C)CCOC2)nn1.Cl. The number of halogens is 4. The van der Waals surface area contributed by atoms with E-state index in [0.29, 0.717) is 30.6 Å². The number of hydrogen-bond acceptors (Lipinski definition) is 5. The van der Waals surface area contributed by atoms with E-state index in [-0.39, 0.29) is 29.1 Å². The Labute approximate surface area is 161 Å². The summed E-state index contributed by atoms with van der Waals surface area (Å²) in [6, 6.07) is 5.09. The van der Waals surface area contributed by atoms with Crippen molar-refractivity contribution in [1.82, 2.24) is 15.5 Å². The van der Waals surface area contributed by atoms with Crippen molar-refractivity contribution in [2.45, 2.75) is 38.5 Å². The summed E-state index contributed by atoms with van der Waals surface area (Å²) in [5.74, 6) is -0.465. The maximum Gasteiger partial charge on any atom is 0.416 e. The number of phenols is 1. The zero-order valence-electron chi connectivity index (χ0n) is 14.9. The zero-order chi connectivity index (χ0) is 18.9. The van der Waals surface area contributed by atoms with E-state index in [0.717, 1.165) is 19.1 Å². The number of nitrogens with one attached hydrogen (secondary N) is 1. The van der Waals surface area contributed by atoms with Crippen molar-refractivity contribution in [2.75, 3.05) is 13.2 Å². The van der Waals surface area contributed by atoms with E-state index < -0.39 is 17.5 Å². The first-order valence-electron chi connectivity index (χ1n) is 8.24. The van der Waals surface area contributed by atoms with E-state index >= 15 is 0 Å². The molecular weight excluding hydrogens is 383 g/mol. The third-order valence-electron chi connectivity index (χ3n) is 4.53. The van der Waals surface area contributed by atoms with Crippen LogP contribution in [0.15, 0.2) is 24.3 Å². The predicted octanol–water partition coefficient (Wildman–Crippen LogP) is 3.87. The van der Waals surface area contributed by atoms with Crippen LogP contribution in [-0.2, 0) is 17.5 Å². The average Bonchev–Trinajstić information content (AvgIpc) is 3.00. The molecule has 0 spiro atoms. The fraction of sp³-hybridized carbons (Fsp3) is 0.444. The average molecular weight is 404 g/mol. The highest BCUT2D eigenvalue weighted by Crippen LogP contribution is 2.38. The van der Waals surface area contributed by atoms with Gasteiger partial charge < -0.3 is 15.2 Å². The van der Waals surface area contributed by atoms with Crippen molar-refractivity contribution in [3.63, 3.8) is 0 Å². The molecule has 0 saturated carbocycles. The molecule has 0 bridgehead atoms. The minimum absolute atomic E-state index is 0. The van der Waals surface area contributed by atoms with Crippen LogP contribution >= 0.6 is 12.4 Å². The first-order valence-corrected chi connectivity index (χ1v) is 8.24. The molecule has 9 heteroatoms. The lowest BCUT2D eigenvalue weighted by Gasteiger charge is -2.23. The summed E-state index contributed by atoms with van der Waals surface area (Å²) < 4.78 is 43.9. The van der Waals surface area contributed by atoms with E-state index in [1.54, 1.807) is 12.1 Å². The standard InChI is InChI=1S/C18H20F3N3O2.ClH/c1-11-7-12(18(19,20)21)8-15(25)16(11)14-4-3-13(23-24-14)9-22-17(2)5-6-26-10-17;/h3-4,7-8,22,25H,5-6,9-10H2,1-2H3;1H. The van der Waals surface area contributed by atoms with Gasteiger partial charge in [-0.1, -0.05) is 0 Å². The summed E-state index contributed by atoms with van der Waals surface area (Å²) in [6.07, 6.45) is -3.60. The highest BCUT2D eigenvalue weighted by atomic mass is 35.5. The summed E-state index contributed by atoms with van der Waals surface area (Å²) in [5, 5.41) is 21.6. The van der Waals surface area contributed by atoms with Gasteiger partial charge in [0.25, 0.3) is 0 Å². The van der Waals surface area contributed by atoms with Gasteiger partial charge in [0.05, 0.1) is 23.6 Å². The predicted molar refractivity (Wildman–Crippen MR) is 96.8 cm³/mol. The molecule has 27 heavy (non-hydrogen) atoms. The minimum Gasteiger partial charge on any atom is -0.507 e. The number of alkyl halides is 3. The van der Waals surface area contributed by atoms with E-state index in [4.69, 9.17) is 4.74 Å². The summed E-state index contributed by atoms with van der Waals surface area (Å²) >= 11 is 0. The van der Waals surface area contributed by atoms with Gasteiger partial charge in [-0.25, -0.2) is 0 Å². The first kappa shape index (κ1) is 21.4. The molecule has 1 aromatic heterocycles. The normalized spacial score (nSPS) is 19.7. The molecule has 2 heterocycles. The van der Waals surface area contributed by atoms with E-state index in [1.165, 1.54) is 6.92 Å². The van der Waals surface area contributed by atoms with Crippen LogP contribution in [0.5, 0.6) is 5.75 Å². The molecule has 1 unspecified atom stereocenters. The topological polar surface area (TPSA) is 67.3 Å². The molecule has 1 fully saturated rings. The van der Waals surface area contributed by atoms with Gasteiger partial charge in [0.15, 0.2) is 0 Å². The van der Waals surface area contributed by atoms with E-state index in [9.17, 15) is 18.3 Å². The largest absolute Gasteiger partial charge is 0.507 e. The second-order valence-electron chi connectivity index (χ2n) is 6.81. The highest BCUT2D eigenvalue weighted by Gasteiger charge is 2.32. The second kappa shape index (κ2) is 8.00. The Morgan fingerprint density at radius 1 is 1.26 bits per heavy atom. The van der Waals surface area contributed by atoms with Gasteiger partial charge in [0.1, 0.15) is 5.75 Å². The number of nitrogens with zero attached hydrogens (tertiary/aromatic N) is 2. The molecule has 1 saturated heterocycles. The van der Waals surface area contributed by atoms with Crippen LogP contribution in [0.1, 0.15) is 30.2 Å². The zero-order valence-corrected chi connectivity index (χ0v) is 15.7. The van der Waals surface area contributed by atoms with Crippen molar-refractivity contribution in [2.24, 2.45) is 0 Å². The smallest absolute Gasteiger partial charge is 0.416 e. The minimum atomic E-state index is -4.51. The molecular formula is C18H21ClF3N3O2. The molecule has 148 valence electrons. The molecule has 1 aliphatic rings.